The summed E-state index contributed by atoms with van der Waals surface area (Å²) in [7, 11) is -3.46. The number of rotatable bonds is 7. The zero-order valence-electron chi connectivity index (χ0n) is 22.9. The Hall–Kier alpha value is -3.07. The molecule has 0 radical (unpaired) electrons. The van der Waals surface area contributed by atoms with Crippen molar-refractivity contribution in [1.29, 1.82) is 0 Å². The number of aromatic hydroxyl groups is 1. The average molecular weight is 586 g/mol. The molecule has 0 aromatic heterocycles. The van der Waals surface area contributed by atoms with Gasteiger partial charge >= 0.3 is 0 Å². The predicted molar refractivity (Wildman–Crippen MR) is 155 cm³/mol. The molecule has 40 heavy (non-hydrogen) atoms. The SMILES string of the molecule is CC1=C(c2ccc(S(C)(=O)=O)cc2Cl)C(c2ccc(OCC(C)N3CCC(C)C3)cc2)Oc2cc(F)c(O)cc21. The lowest BCUT2D eigenvalue weighted by Gasteiger charge is -2.32. The van der Waals surface area contributed by atoms with Crippen LogP contribution in [0.2, 0.25) is 5.02 Å². The van der Waals surface area contributed by atoms with E-state index in [0.29, 0.717) is 41.0 Å². The van der Waals surface area contributed by atoms with E-state index in [1.54, 1.807) is 6.07 Å². The fourth-order valence-corrected chi connectivity index (χ4v) is 6.41. The third-order valence-electron chi connectivity index (χ3n) is 7.78. The van der Waals surface area contributed by atoms with Crippen LogP contribution in [0.1, 0.15) is 50.0 Å². The van der Waals surface area contributed by atoms with Crippen LogP contribution in [0.3, 0.4) is 0 Å². The van der Waals surface area contributed by atoms with Gasteiger partial charge in [-0.05, 0) is 74.2 Å². The lowest BCUT2D eigenvalue weighted by molar-refractivity contribution is 0.169. The van der Waals surface area contributed by atoms with E-state index in [1.165, 1.54) is 30.7 Å². The summed E-state index contributed by atoms with van der Waals surface area (Å²) in [5.41, 5.74) is 3.31. The van der Waals surface area contributed by atoms with Crippen LogP contribution in [-0.2, 0) is 9.84 Å². The summed E-state index contributed by atoms with van der Waals surface area (Å²) in [6, 6.07) is 14.9. The normalized spacial score (nSPS) is 20.2. The number of halogens is 2. The average Bonchev–Trinajstić information content (AvgIpc) is 3.35. The molecule has 0 bridgehead atoms. The van der Waals surface area contributed by atoms with E-state index in [1.807, 2.05) is 31.2 Å². The second kappa shape index (κ2) is 11.1. The van der Waals surface area contributed by atoms with Gasteiger partial charge in [0.1, 0.15) is 24.2 Å². The van der Waals surface area contributed by atoms with Crippen molar-refractivity contribution in [3.63, 3.8) is 0 Å². The van der Waals surface area contributed by atoms with Gasteiger partial charge in [0.15, 0.2) is 21.4 Å². The zero-order chi connectivity index (χ0) is 28.8. The Bertz CT molecular complexity index is 1570. The van der Waals surface area contributed by atoms with Crippen LogP contribution in [0.25, 0.3) is 11.1 Å². The maximum atomic E-state index is 14.3. The summed E-state index contributed by atoms with van der Waals surface area (Å²) in [6.45, 7) is 9.05. The van der Waals surface area contributed by atoms with Crippen molar-refractivity contribution < 1.29 is 27.4 Å². The van der Waals surface area contributed by atoms with Gasteiger partial charge in [0, 0.05) is 46.6 Å². The maximum absolute atomic E-state index is 14.3. The van der Waals surface area contributed by atoms with E-state index in [0.717, 1.165) is 36.2 Å². The maximum Gasteiger partial charge on any atom is 0.175 e. The lowest BCUT2D eigenvalue weighted by atomic mass is 9.86. The molecule has 3 atom stereocenters. The van der Waals surface area contributed by atoms with Crippen LogP contribution < -0.4 is 9.47 Å². The first-order chi connectivity index (χ1) is 18.9. The molecule has 1 N–H and O–H groups in total. The van der Waals surface area contributed by atoms with Gasteiger partial charge in [-0.1, -0.05) is 36.7 Å². The molecular weight excluding hydrogens is 553 g/mol. The largest absolute Gasteiger partial charge is 0.505 e. The molecule has 1 saturated heterocycles. The number of benzene rings is 3. The minimum Gasteiger partial charge on any atom is -0.505 e. The monoisotopic (exact) mass is 585 g/mol. The number of fused-ring (bicyclic) bond motifs is 1. The molecule has 0 spiro atoms. The second-order valence-corrected chi connectivity index (χ2v) is 13.3. The van der Waals surface area contributed by atoms with E-state index < -0.39 is 27.5 Å². The number of hydrogen-bond acceptors (Lipinski definition) is 6. The topological polar surface area (TPSA) is 76.1 Å². The van der Waals surface area contributed by atoms with Crippen LogP contribution in [0.4, 0.5) is 4.39 Å². The Kier molecular flexibility index (Phi) is 7.88. The smallest absolute Gasteiger partial charge is 0.175 e. The number of hydrogen-bond donors (Lipinski definition) is 1. The summed E-state index contributed by atoms with van der Waals surface area (Å²) in [6.07, 6.45) is 1.67. The Morgan fingerprint density at radius 3 is 2.50 bits per heavy atom. The number of ether oxygens (including phenoxy) is 2. The Balaban J connectivity index is 1.48. The fraction of sp³-hybridized carbons (Fsp3) is 0.355. The van der Waals surface area contributed by atoms with Gasteiger partial charge in [-0.25, -0.2) is 12.8 Å². The molecule has 6 nitrogen and oxygen atoms in total. The quantitative estimate of drug-likeness (QED) is 0.330. The highest BCUT2D eigenvalue weighted by molar-refractivity contribution is 7.90. The first-order valence-corrected chi connectivity index (χ1v) is 15.6. The van der Waals surface area contributed by atoms with Crippen molar-refractivity contribution in [2.45, 2.75) is 44.2 Å². The molecule has 3 aromatic rings. The highest BCUT2D eigenvalue weighted by Crippen LogP contribution is 2.49. The van der Waals surface area contributed by atoms with Gasteiger partial charge < -0.3 is 14.6 Å². The molecule has 212 valence electrons. The standard InChI is InChI=1S/C31H33ClFNO5S/c1-18-11-12-34(16-18)19(2)17-38-22-7-5-21(6-8-22)31-30(24-10-9-23(13-26(24)32)40(4,36)37)20(3)25-14-28(35)27(33)15-29(25)39-31/h5-10,13-15,18-19,31,35H,11-12,16-17H2,1-4H3. The molecule has 3 unspecified atom stereocenters. The molecule has 0 aliphatic carbocycles. The Morgan fingerprint density at radius 2 is 1.88 bits per heavy atom. The van der Waals surface area contributed by atoms with Crippen molar-refractivity contribution in [2.24, 2.45) is 5.92 Å². The number of phenols is 1. The highest BCUT2D eigenvalue weighted by Gasteiger charge is 2.32. The number of phenolic OH excluding ortho intramolecular Hbond substituents is 1. The van der Waals surface area contributed by atoms with Crippen LogP contribution in [0, 0.1) is 11.7 Å². The molecule has 0 amide bonds. The molecule has 0 saturated carbocycles. The van der Waals surface area contributed by atoms with Crippen molar-refractivity contribution >= 4 is 32.6 Å². The fourth-order valence-electron chi connectivity index (χ4n) is 5.42. The van der Waals surface area contributed by atoms with E-state index in [9.17, 15) is 17.9 Å². The number of sulfone groups is 1. The zero-order valence-corrected chi connectivity index (χ0v) is 24.5. The van der Waals surface area contributed by atoms with Gasteiger partial charge in [0.05, 0.1) is 4.90 Å². The number of nitrogens with zero attached hydrogens (tertiary/aromatic N) is 1. The molecule has 1 fully saturated rings. The summed E-state index contributed by atoms with van der Waals surface area (Å²) >= 11 is 6.64. The molecule has 9 heteroatoms. The molecule has 5 rings (SSSR count). The van der Waals surface area contributed by atoms with Gasteiger partial charge in [-0.15, -0.1) is 0 Å². The third kappa shape index (κ3) is 5.71. The minimum absolute atomic E-state index is 0.104. The first-order valence-electron chi connectivity index (χ1n) is 13.3. The van der Waals surface area contributed by atoms with Gasteiger partial charge in [0.25, 0.3) is 0 Å². The Labute approximate surface area is 239 Å². The van der Waals surface area contributed by atoms with E-state index in [2.05, 4.69) is 18.7 Å². The highest BCUT2D eigenvalue weighted by atomic mass is 35.5. The van der Waals surface area contributed by atoms with Crippen LogP contribution in [0.5, 0.6) is 17.2 Å². The van der Waals surface area contributed by atoms with Crippen molar-refractivity contribution in [3.8, 4) is 17.2 Å². The van der Waals surface area contributed by atoms with Crippen molar-refractivity contribution in [2.75, 3.05) is 26.0 Å². The van der Waals surface area contributed by atoms with Crippen LogP contribution in [-0.4, -0.2) is 50.4 Å². The lowest BCUT2D eigenvalue weighted by Crippen LogP contribution is -2.35. The number of likely N-dealkylation sites (tertiary alicyclic amines) is 1. The van der Waals surface area contributed by atoms with Gasteiger partial charge in [0.2, 0.25) is 0 Å². The van der Waals surface area contributed by atoms with E-state index >= 15 is 0 Å². The third-order valence-corrected chi connectivity index (χ3v) is 9.20. The first kappa shape index (κ1) is 28.5. The molecule has 2 heterocycles. The van der Waals surface area contributed by atoms with E-state index in [-0.39, 0.29) is 9.92 Å². The molecule has 3 aromatic carbocycles. The number of allylic oxidation sites excluding steroid dienone is 1. The van der Waals surface area contributed by atoms with Crippen LogP contribution in [0.15, 0.2) is 59.5 Å². The van der Waals surface area contributed by atoms with Gasteiger partial charge in [-0.3, -0.25) is 4.90 Å². The van der Waals surface area contributed by atoms with E-state index in [4.69, 9.17) is 21.1 Å². The summed E-state index contributed by atoms with van der Waals surface area (Å²) in [5, 5.41) is 10.3. The summed E-state index contributed by atoms with van der Waals surface area (Å²) in [5.74, 6) is 0.459. The predicted octanol–water partition coefficient (Wildman–Crippen LogP) is 6.76. The van der Waals surface area contributed by atoms with Crippen molar-refractivity contribution in [1.82, 2.24) is 4.90 Å². The Morgan fingerprint density at radius 1 is 1.15 bits per heavy atom. The molecule has 2 aliphatic heterocycles. The molecular formula is C31H33ClFNO5S. The van der Waals surface area contributed by atoms with Crippen LogP contribution >= 0.6 is 11.6 Å². The molecule has 2 aliphatic rings. The second-order valence-electron chi connectivity index (χ2n) is 10.9. The summed E-state index contributed by atoms with van der Waals surface area (Å²) in [4.78, 5) is 2.55. The van der Waals surface area contributed by atoms with Crippen molar-refractivity contribution in [3.05, 3.63) is 82.1 Å². The summed E-state index contributed by atoms with van der Waals surface area (Å²) < 4.78 is 50.9. The minimum atomic E-state index is -3.46. The van der Waals surface area contributed by atoms with Gasteiger partial charge in [-0.2, -0.15) is 0 Å².